The summed E-state index contributed by atoms with van der Waals surface area (Å²) in [5, 5.41) is 8.49. The Morgan fingerprint density at radius 1 is 1.04 bits per heavy atom. The summed E-state index contributed by atoms with van der Waals surface area (Å²) in [6, 6.07) is 9.98. The van der Waals surface area contributed by atoms with E-state index in [9.17, 15) is 4.79 Å². The van der Waals surface area contributed by atoms with Gasteiger partial charge in [0.25, 0.3) is 0 Å². The van der Waals surface area contributed by atoms with Crippen LogP contribution in [0.1, 0.15) is 36.3 Å². The maximum atomic E-state index is 13.2. The molecule has 1 amide bonds. The number of carbonyl (C=O) groups excluding carboxylic acids is 1. The van der Waals surface area contributed by atoms with Crippen molar-refractivity contribution in [1.82, 2.24) is 20.1 Å². The average molecular weight is 351 g/mol. The summed E-state index contributed by atoms with van der Waals surface area (Å²) in [6.45, 7) is 7.01. The number of nitrogens with zero attached hydrogens (tertiary/aromatic N) is 5. The van der Waals surface area contributed by atoms with Gasteiger partial charge in [-0.2, -0.15) is 5.10 Å². The predicted octanol–water partition coefficient (Wildman–Crippen LogP) is 2.51. The van der Waals surface area contributed by atoms with Gasteiger partial charge in [0.15, 0.2) is 5.82 Å². The van der Waals surface area contributed by atoms with Gasteiger partial charge in [0.1, 0.15) is 0 Å². The van der Waals surface area contributed by atoms with Crippen LogP contribution in [-0.4, -0.2) is 45.6 Å². The Hall–Kier alpha value is -2.50. The number of hydrogen-bond acceptors (Lipinski definition) is 5. The fraction of sp³-hybridized carbons (Fsp3) is 0.500. The number of pyridine rings is 1. The minimum atomic E-state index is -0.283. The molecule has 2 saturated heterocycles. The van der Waals surface area contributed by atoms with Crippen molar-refractivity contribution in [3.63, 3.8) is 0 Å². The third kappa shape index (κ3) is 3.16. The number of likely N-dealkylation sites (tertiary alicyclic amines) is 1. The van der Waals surface area contributed by atoms with Crippen LogP contribution in [0.4, 0.5) is 5.82 Å². The summed E-state index contributed by atoms with van der Waals surface area (Å²) in [5.41, 5.74) is 2.58. The lowest BCUT2D eigenvalue weighted by molar-refractivity contribution is -0.137. The van der Waals surface area contributed by atoms with Crippen LogP contribution in [0.15, 0.2) is 30.3 Å². The largest absolute Gasteiger partial charge is 0.354 e. The lowest BCUT2D eigenvalue weighted by atomic mass is 9.78. The third-order valence-electron chi connectivity index (χ3n) is 5.58. The van der Waals surface area contributed by atoms with Crippen molar-refractivity contribution in [1.29, 1.82) is 0 Å². The molecule has 2 aromatic heterocycles. The first-order valence-electron chi connectivity index (χ1n) is 9.33. The van der Waals surface area contributed by atoms with E-state index in [4.69, 9.17) is 0 Å². The molecule has 6 nitrogen and oxygen atoms in total. The van der Waals surface area contributed by atoms with E-state index in [1.165, 1.54) is 0 Å². The minimum absolute atomic E-state index is 0.269. The molecule has 0 bridgehead atoms. The average Bonchev–Trinajstić information content (AvgIpc) is 2.92. The summed E-state index contributed by atoms with van der Waals surface area (Å²) in [5.74, 6) is 1.15. The standard InChI is InChI=1S/C20H25N5O/c1-15-5-3-6-17(21-15)13-24-12-10-20(19(24)26)9-4-11-25(14-20)18-8-7-16(2)22-23-18/h3,5-8H,4,9-14H2,1-2H3/t20-/m1/s1. The first kappa shape index (κ1) is 16.9. The molecule has 2 aliphatic heterocycles. The van der Waals surface area contributed by atoms with Crippen molar-refractivity contribution in [3.05, 3.63) is 47.4 Å². The van der Waals surface area contributed by atoms with E-state index in [1.807, 2.05) is 49.1 Å². The molecule has 0 unspecified atom stereocenters. The number of aryl methyl sites for hydroxylation is 2. The van der Waals surface area contributed by atoms with Gasteiger partial charge in [-0.25, -0.2) is 0 Å². The predicted molar refractivity (Wildman–Crippen MR) is 99.7 cm³/mol. The van der Waals surface area contributed by atoms with E-state index in [0.29, 0.717) is 6.54 Å². The quantitative estimate of drug-likeness (QED) is 0.850. The van der Waals surface area contributed by atoms with Crippen molar-refractivity contribution in [2.24, 2.45) is 5.41 Å². The number of rotatable bonds is 3. The first-order chi connectivity index (χ1) is 12.6. The lowest BCUT2D eigenvalue weighted by Crippen LogP contribution is -2.48. The molecule has 1 atom stereocenters. The zero-order valence-electron chi connectivity index (χ0n) is 15.5. The fourth-order valence-electron chi connectivity index (χ4n) is 4.19. The zero-order chi connectivity index (χ0) is 18.1. The Kier molecular flexibility index (Phi) is 4.34. The molecule has 136 valence electrons. The van der Waals surface area contributed by atoms with Crippen LogP contribution >= 0.6 is 0 Å². The Balaban J connectivity index is 1.49. The molecule has 2 aliphatic rings. The van der Waals surface area contributed by atoms with Crippen molar-refractivity contribution in [3.8, 4) is 0 Å². The topological polar surface area (TPSA) is 62.2 Å². The number of carbonyl (C=O) groups is 1. The van der Waals surface area contributed by atoms with Crippen LogP contribution in [0.2, 0.25) is 0 Å². The van der Waals surface area contributed by atoms with E-state index < -0.39 is 0 Å². The van der Waals surface area contributed by atoms with Gasteiger partial charge < -0.3 is 9.80 Å². The maximum Gasteiger partial charge on any atom is 0.231 e. The molecule has 4 heterocycles. The molecule has 26 heavy (non-hydrogen) atoms. The fourth-order valence-corrected chi connectivity index (χ4v) is 4.19. The summed E-state index contributed by atoms with van der Waals surface area (Å²) in [4.78, 5) is 22.0. The van der Waals surface area contributed by atoms with Crippen LogP contribution in [0, 0.1) is 19.3 Å². The van der Waals surface area contributed by atoms with Crippen molar-refractivity contribution < 1.29 is 4.79 Å². The van der Waals surface area contributed by atoms with Crippen LogP contribution in [0.3, 0.4) is 0 Å². The second kappa shape index (κ2) is 6.67. The molecule has 0 aliphatic carbocycles. The number of piperidine rings is 1. The molecule has 4 rings (SSSR count). The molecule has 0 radical (unpaired) electrons. The molecule has 1 spiro atoms. The van der Waals surface area contributed by atoms with Gasteiger partial charge in [0, 0.05) is 25.3 Å². The molecular formula is C20H25N5O. The van der Waals surface area contributed by atoms with Crippen molar-refractivity contribution in [2.75, 3.05) is 24.5 Å². The molecule has 6 heteroatoms. The van der Waals surface area contributed by atoms with Gasteiger partial charge in [-0.1, -0.05) is 6.07 Å². The van der Waals surface area contributed by atoms with E-state index in [1.54, 1.807) is 0 Å². The Bertz CT molecular complexity index is 806. The number of hydrogen-bond donors (Lipinski definition) is 0. The highest BCUT2D eigenvalue weighted by Crippen LogP contribution is 2.41. The summed E-state index contributed by atoms with van der Waals surface area (Å²) >= 11 is 0. The number of aromatic nitrogens is 3. The second-order valence-corrected chi connectivity index (χ2v) is 7.59. The SMILES string of the molecule is Cc1ccc(N2CCC[C@@]3(CCN(Cc4cccc(C)n4)C3=O)C2)nn1. The Morgan fingerprint density at radius 2 is 1.92 bits per heavy atom. The van der Waals surface area contributed by atoms with Gasteiger partial charge >= 0.3 is 0 Å². The Morgan fingerprint density at radius 3 is 2.69 bits per heavy atom. The van der Waals surface area contributed by atoms with E-state index in [0.717, 1.165) is 61.8 Å². The molecule has 2 aromatic rings. The van der Waals surface area contributed by atoms with E-state index >= 15 is 0 Å². The minimum Gasteiger partial charge on any atom is -0.354 e. The molecule has 0 N–H and O–H groups in total. The third-order valence-corrected chi connectivity index (χ3v) is 5.58. The molecule has 0 saturated carbocycles. The van der Waals surface area contributed by atoms with Crippen molar-refractivity contribution in [2.45, 2.75) is 39.7 Å². The van der Waals surface area contributed by atoms with Gasteiger partial charge in [-0.3, -0.25) is 9.78 Å². The maximum absolute atomic E-state index is 13.2. The second-order valence-electron chi connectivity index (χ2n) is 7.59. The molecule has 0 aromatic carbocycles. The first-order valence-corrected chi connectivity index (χ1v) is 9.33. The highest BCUT2D eigenvalue weighted by Gasteiger charge is 2.49. The van der Waals surface area contributed by atoms with Gasteiger partial charge in [0.05, 0.1) is 23.3 Å². The van der Waals surface area contributed by atoms with E-state index in [2.05, 4.69) is 20.1 Å². The van der Waals surface area contributed by atoms with Crippen molar-refractivity contribution >= 4 is 11.7 Å². The van der Waals surface area contributed by atoms with Gasteiger partial charge in [-0.15, -0.1) is 5.10 Å². The normalized spacial score (nSPS) is 23.1. The van der Waals surface area contributed by atoms with E-state index in [-0.39, 0.29) is 11.3 Å². The summed E-state index contributed by atoms with van der Waals surface area (Å²) in [6.07, 6.45) is 2.88. The lowest BCUT2D eigenvalue weighted by Gasteiger charge is -2.39. The summed E-state index contributed by atoms with van der Waals surface area (Å²) < 4.78 is 0. The highest BCUT2D eigenvalue weighted by molar-refractivity contribution is 5.85. The zero-order valence-corrected chi connectivity index (χ0v) is 15.5. The number of anilines is 1. The monoisotopic (exact) mass is 351 g/mol. The molecular weight excluding hydrogens is 326 g/mol. The van der Waals surface area contributed by atoms with Crippen LogP contribution < -0.4 is 4.90 Å². The smallest absolute Gasteiger partial charge is 0.231 e. The van der Waals surface area contributed by atoms with Gasteiger partial charge in [-0.05, 0) is 57.4 Å². The molecule has 2 fully saturated rings. The highest BCUT2D eigenvalue weighted by atomic mass is 16.2. The Labute approximate surface area is 154 Å². The van der Waals surface area contributed by atoms with Crippen LogP contribution in [-0.2, 0) is 11.3 Å². The summed E-state index contributed by atoms with van der Waals surface area (Å²) in [7, 11) is 0. The van der Waals surface area contributed by atoms with Crippen LogP contribution in [0.5, 0.6) is 0 Å². The van der Waals surface area contributed by atoms with Crippen LogP contribution in [0.25, 0.3) is 0 Å². The van der Waals surface area contributed by atoms with Gasteiger partial charge in [0.2, 0.25) is 5.91 Å². The number of amides is 1.